The Hall–Kier alpha value is -1.92. The van der Waals surface area contributed by atoms with Gasteiger partial charge in [-0.25, -0.2) is 4.39 Å². The van der Waals surface area contributed by atoms with Gasteiger partial charge in [0.2, 0.25) is 5.91 Å². The Morgan fingerprint density at radius 3 is 2.62 bits per heavy atom. The molecule has 0 aliphatic carbocycles. The summed E-state index contributed by atoms with van der Waals surface area (Å²) in [5, 5.41) is 2.92. The topological polar surface area (TPSA) is 44.8 Å². The predicted octanol–water partition coefficient (Wildman–Crippen LogP) is 2.24. The van der Waals surface area contributed by atoms with E-state index in [1.54, 1.807) is 18.2 Å². The van der Waals surface area contributed by atoms with E-state index in [0.717, 1.165) is 39.3 Å². The zero-order chi connectivity index (χ0) is 18.9. The lowest BCUT2D eigenvalue weighted by Gasteiger charge is -2.35. The van der Waals surface area contributed by atoms with Gasteiger partial charge in [0, 0.05) is 45.3 Å². The van der Waals surface area contributed by atoms with Gasteiger partial charge in [0.1, 0.15) is 0 Å². The smallest absolute Gasteiger partial charge is 0.244 e. The van der Waals surface area contributed by atoms with E-state index in [4.69, 9.17) is 4.74 Å². The van der Waals surface area contributed by atoms with E-state index in [9.17, 15) is 9.18 Å². The number of likely N-dealkylation sites (N-methyl/N-ethyl adjacent to an activating group) is 1. The summed E-state index contributed by atoms with van der Waals surface area (Å²) >= 11 is 0. The number of piperazine rings is 1. The third-order valence-electron chi connectivity index (χ3n) is 4.71. The number of carbonyl (C=O) groups is 1. The maximum absolute atomic E-state index is 13.6. The Labute approximate surface area is 155 Å². The number of hydrogen-bond donors (Lipinski definition) is 1. The van der Waals surface area contributed by atoms with Crippen LogP contribution in [0.1, 0.15) is 19.4 Å². The highest BCUT2D eigenvalue weighted by atomic mass is 19.1. The highest BCUT2D eigenvalue weighted by Gasteiger charge is 2.17. The van der Waals surface area contributed by atoms with Gasteiger partial charge < -0.3 is 19.9 Å². The minimum absolute atomic E-state index is 0.163. The van der Waals surface area contributed by atoms with Gasteiger partial charge in [0.15, 0.2) is 11.6 Å². The SMILES string of the molecule is CCN1CCN(CC(C)CNC(=O)C=Cc2ccc(OC)c(F)c2)CC1. The zero-order valence-electron chi connectivity index (χ0n) is 16.0. The van der Waals surface area contributed by atoms with Crippen molar-refractivity contribution >= 4 is 12.0 Å². The molecule has 2 rings (SSSR count). The van der Waals surface area contributed by atoms with E-state index in [1.165, 1.54) is 19.3 Å². The molecule has 1 N–H and O–H groups in total. The van der Waals surface area contributed by atoms with Gasteiger partial charge in [-0.15, -0.1) is 0 Å². The molecule has 6 heteroatoms. The van der Waals surface area contributed by atoms with Gasteiger partial charge in [-0.1, -0.05) is 19.9 Å². The highest BCUT2D eigenvalue weighted by molar-refractivity contribution is 5.91. The highest BCUT2D eigenvalue weighted by Crippen LogP contribution is 2.18. The molecule has 144 valence electrons. The van der Waals surface area contributed by atoms with Crippen molar-refractivity contribution in [3.63, 3.8) is 0 Å². The summed E-state index contributed by atoms with van der Waals surface area (Å²) in [6, 6.07) is 4.61. The molecule has 1 aromatic carbocycles. The molecule has 1 aliphatic heterocycles. The van der Waals surface area contributed by atoms with E-state index >= 15 is 0 Å². The summed E-state index contributed by atoms with van der Waals surface area (Å²) < 4.78 is 18.5. The molecule has 1 unspecified atom stereocenters. The van der Waals surface area contributed by atoms with Gasteiger partial charge in [0.25, 0.3) is 0 Å². The van der Waals surface area contributed by atoms with Gasteiger partial charge in [-0.3, -0.25) is 4.79 Å². The van der Waals surface area contributed by atoms with E-state index in [-0.39, 0.29) is 11.7 Å². The van der Waals surface area contributed by atoms with Crippen molar-refractivity contribution in [1.82, 2.24) is 15.1 Å². The Morgan fingerprint density at radius 1 is 1.31 bits per heavy atom. The largest absolute Gasteiger partial charge is 0.494 e. The molecule has 1 aliphatic rings. The van der Waals surface area contributed by atoms with Crippen LogP contribution >= 0.6 is 0 Å². The standard InChI is InChI=1S/C20H30FN3O2/c1-4-23-9-11-24(12-10-23)15-16(2)14-22-20(25)8-6-17-5-7-19(26-3)18(21)13-17/h5-8,13,16H,4,9-12,14-15H2,1-3H3,(H,22,25). The van der Waals surface area contributed by atoms with Crippen LogP contribution in [0.4, 0.5) is 4.39 Å². The van der Waals surface area contributed by atoms with Crippen molar-refractivity contribution in [1.29, 1.82) is 0 Å². The van der Waals surface area contributed by atoms with Crippen LogP contribution in [0.15, 0.2) is 24.3 Å². The van der Waals surface area contributed by atoms with Crippen LogP contribution < -0.4 is 10.1 Å². The molecule has 1 heterocycles. The van der Waals surface area contributed by atoms with Crippen molar-refractivity contribution < 1.29 is 13.9 Å². The van der Waals surface area contributed by atoms with Crippen molar-refractivity contribution in [3.05, 3.63) is 35.7 Å². The van der Waals surface area contributed by atoms with Gasteiger partial charge in [-0.2, -0.15) is 0 Å². The first-order chi connectivity index (χ1) is 12.5. The van der Waals surface area contributed by atoms with E-state index in [2.05, 4.69) is 29.0 Å². The third-order valence-corrected chi connectivity index (χ3v) is 4.71. The fourth-order valence-corrected chi connectivity index (χ4v) is 3.09. The number of ether oxygens (including phenoxy) is 1. The normalized spacial score (nSPS) is 17.4. The fourth-order valence-electron chi connectivity index (χ4n) is 3.09. The maximum atomic E-state index is 13.6. The average molecular weight is 363 g/mol. The van der Waals surface area contributed by atoms with Crippen LogP contribution in [0.3, 0.4) is 0 Å². The van der Waals surface area contributed by atoms with Crippen molar-refractivity contribution in [2.24, 2.45) is 5.92 Å². The first-order valence-corrected chi connectivity index (χ1v) is 9.26. The zero-order valence-corrected chi connectivity index (χ0v) is 16.0. The molecule has 5 nitrogen and oxygen atoms in total. The summed E-state index contributed by atoms with van der Waals surface area (Å²) in [7, 11) is 1.42. The molecule has 26 heavy (non-hydrogen) atoms. The minimum Gasteiger partial charge on any atom is -0.494 e. The number of nitrogens with one attached hydrogen (secondary N) is 1. The quantitative estimate of drug-likeness (QED) is 0.720. The first kappa shape index (κ1) is 20.4. The molecular weight excluding hydrogens is 333 g/mol. The second kappa shape index (κ2) is 10.3. The summed E-state index contributed by atoms with van der Waals surface area (Å²) in [6.07, 6.45) is 3.04. The number of hydrogen-bond acceptors (Lipinski definition) is 4. The second-order valence-corrected chi connectivity index (χ2v) is 6.81. The van der Waals surface area contributed by atoms with E-state index < -0.39 is 5.82 Å². The van der Waals surface area contributed by atoms with Crippen LogP contribution in [0.25, 0.3) is 6.08 Å². The number of carbonyl (C=O) groups excluding carboxylic acids is 1. The molecule has 0 radical (unpaired) electrons. The number of rotatable bonds is 8. The number of halogens is 1. The number of amides is 1. The van der Waals surface area contributed by atoms with Crippen LogP contribution in [0, 0.1) is 11.7 Å². The summed E-state index contributed by atoms with van der Waals surface area (Å²) in [4.78, 5) is 16.9. The monoisotopic (exact) mass is 363 g/mol. The molecule has 0 bridgehead atoms. The second-order valence-electron chi connectivity index (χ2n) is 6.81. The Balaban J connectivity index is 1.71. The molecule has 1 saturated heterocycles. The van der Waals surface area contributed by atoms with Gasteiger partial charge >= 0.3 is 0 Å². The van der Waals surface area contributed by atoms with Gasteiger partial charge in [0.05, 0.1) is 7.11 Å². The predicted molar refractivity (Wildman–Crippen MR) is 103 cm³/mol. The van der Waals surface area contributed by atoms with Gasteiger partial charge in [-0.05, 0) is 36.2 Å². The summed E-state index contributed by atoms with van der Waals surface area (Å²) in [5.41, 5.74) is 0.625. The Morgan fingerprint density at radius 2 is 2.00 bits per heavy atom. The van der Waals surface area contributed by atoms with Crippen molar-refractivity contribution in [3.8, 4) is 5.75 Å². The number of methoxy groups -OCH3 is 1. The fraction of sp³-hybridized carbons (Fsp3) is 0.550. The van der Waals surface area contributed by atoms with E-state index in [1.807, 2.05) is 0 Å². The van der Waals surface area contributed by atoms with E-state index in [0.29, 0.717) is 18.0 Å². The minimum atomic E-state index is -0.438. The molecule has 0 spiro atoms. The molecule has 0 saturated carbocycles. The van der Waals surface area contributed by atoms with Crippen LogP contribution in [-0.2, 0) is 4.79 Å². The number of nitrogens with zero attached hydrogens (tertiary/aromatic N) is 2. The van der Waals surface area contributed by atoms with Crippen LogP contribution in [0.5, 0.6) is 5.75 Å². The molecule has 1 amide bonds. The Bertz CT molecular complexity index is 613. The summed E-state index contributed by atoms with van der Waals surface area (Å²) in [5.74, 6) is -0.0186. The van der Waals surface area contributed by atoms with Crippen LogP contribution in [-0.4, -0.2) is 68.6 Å². The Kier molecular flexibility index (Phi) is 8.06. The molecule has 0 aromatic heterocycles. The molecule has 1 aromatic rings. The van der Waals surface area contributed by atoms with Crippen molar-refractivity contribution in [2.45, 2.75) is 13.8 Å². The molecular formula is C20H30FN3O2. The number of benzene rings is 1. The average Bonchev–Trinajstić information content (AvgIpc) is 2.65. The first-order valence-electron chi connectivity index (χ1n) is 9.26. The maximum Gasteiger partial charge on any atom is 0.244 e. The van der Waals surface area contributed by atoms with Crippen molar-refractivity contribution in [2.75, 3.05) is 52.9 Å². The summed E-state index contributed by atoms with van der Waals surface area (Å²) in [6.45, 7) is 11.5. The lowest BCUT2D eigenvalue weighted by atomic mass is 10.1. The third kappa shape index (κ3) is 6.42. The lowest BCUT2D eigenvalue weighted by molar-refractivity contribution is -0.116. The van der Waals surface area contributed by atoms with Crippen LogP contribution in [0.2, 0.25) is 0 Å². The lowest BCUT2D eigenvalue weighted by Crippen LogP contribution is -2.48. The molecule has 1 fully saturated rings. The molecule has 1 atom stereocenters.